The van der Waals surface area contributed by atoms with Gasteiger partial charge in [-0.3, -0.25) is 39.3 Å². The highest BCUT2D eigenvalue weighted by Crippen LogP contribution is 2.42. The first-order valence-corrected chi connectivity index (χ1v) is 24.6. The van der Waals surface area contributed by atoms with Crippen molar-refractivity contribution in [1.29, 1.82) is 0 Å². The molecule has 4 amide bonds. The van der Waals surface area contributed by atoms with E-state index in [1.54, 1.807) is 70.9 Å². The van der Waals surface area contributed by atoms with Gasteiger partial charge in [-0.25, -0.2) is 32.6 Å². The van der Waals surface area contributed by atoms with E-state index in [0.29, 0.717) is 71.2 Å². The van der Waals surface area contributed by atoms with E-state index in [2.05, 4.69) is 36.2 Å². The number of pyridine rings is 2. The quantitative estimate of drug-likeness (QED) is 0.152. The van der Waals surface area contributed by atoms with Crippen molar-refractivity contribution in [2.75, 3.05) is 72.5 Å². The number of hydrogen-bond acceptors (Lipinski definition) is 12. The third-order valence-corrected chi connectivity index (χ3v) is 15.1. The number of amides is 4. The number of methoxy groups -OCH3 is 1. The number of fused-ring (bicyclic) bond motifs is 1. The Balaban J connectivity index is 0.836. The summed E-state index contributed by atoms with van der Waals surface area (Å²) in [6.45, 7) is 8.45. The van der Waals surface area contributed by atoms with E-state index in [1.807, 2.05) is 48.7 Å². The minimum absolute atomic E-state index is 0.0119. The Labute approximate surface area is 419 Å². The molecule has 73 heavy (non-hydrogen) atoms. The van der Waals surface area contributed by atoms with Crippen LogP contribution in [0.2, 0.25) is 0 Å². The first-order chi connectivity index (χ1) is 35.3. The molecule has 2 atom stereocenters. The number of carbonyl (C=O) groups excluding carboxylic acids is 3. The largest absolute Gasteiger partial charge is 0.467 e. The van der Waals surface area contributed by atoms with Gasteiger partial charge in [0.05, 0.1) is 59.2 Å². The van der Waals surface area contributed by atoms with Crippen molar-refractivity contribution in [2.45, 2.75) is 57.5 Å². The third-order valence-electron chi connectivity index (χ3n) is 15.1. The second kappa shape index (κ2) is 18.9. The normalized spacial score (nSPS) is 19.1. The van der Waals surface area contributed by atoms with Crippen molar-refractivity contribution in [2.24, 2.45) is 14.1 Å². The average Bonchev–Trinajstić information content (AvgIpc) is 4.01. The summed E-state index contributed by atoms with van der Waals surface area (Å²) in [7, 11) is 4.79. The molecule has 4 saturated heterocycles. The number of urea groups is 1. The molecular formula is C53H55F2N13O5. The number of ether oxygens (including phenoxy) is 1. The number of anilines is 4. The molecule has 4 aromatic heterocycles. The van der Waals surface area contributed by atoms with Crippen LogP contribution in [0.15, 0.2) is 90.1 Å². The molecule has 4 aliphatic heterocycles. The lowest BCUT2D eigenvalue weighted by Gasteiger charge is -2.44. The summed E-state index contributed by atoms with van der Waals surface area (Å²) >= 11 is 0. The number of piperidine rings is 2. The molecule has 376 valence electrons. The molecule has 7 aromatic rings. The molecule has 20 heteroatoms. The van der Waals surface area contributed by atoms with E-state index in [0.717, 1.165) is 60.3 Å². The molecular weight excluding hydrogens is 937 g/mol. The highest BCUT2D eigenvalue weighted by molar-refractivity contribution is 6.07. The van der Waals surface area contributed by atoms with Crippen LogP contribution in [0.1, 0.15) is 49.8 Å². The summed E-state index contributed by atoms with van der Waals surface area (Å²) in [5, 5.41) is 12.4. The lowest BCUT2D eigenvalue weighted by molar-refractivity contribution is -0.134. The lowest BCUT2D eigenvalue weighted by atomic mass is 9.91. The molecule has 18 nitrogen and oxygen atoms in total. The van der Waals surface area contributed by atoms with Crippen molar-refractivity contribution < 1.29 is 27.9 Å². The van der Waals surface area contributed by atoms with Gasteiger partial charge in [0, 0.05) is 95.7 Å². The van der Waals surface area contributed by atoms with Crippen LogP contribution in [0.4, 0.5) is 36.5 Å². The second-order valence-corrected chi connectivity index (χ2v) is 19.3. The maximum atomic E-state index is 17.0. The van der Waals surface area contributed by atoms with Gasteiger partial charge in [0.1, 0.15) is 5.82 Å². The van der Waals surface area contributed by atoms with Gasteiger partial charge in [0.15, 0.2) is 11.6 Å². The van der Waals surface area contributed by atoms with Gasteiger partial charge in [-0.2, -0.15) is 5.10 Å². The fourth-order valence-electron chi connectivity index (χ4n) is 11.4. The highest BCUT2D eigenvalue weighted by atomic mass is 19.2. The van der Waals surface area contributed by atoms with E-state index >= 15 is 8.78 Å². The van der Waals surface area contributed by atoms with Gasteiger partial charge < -0.3 is 14.5 Å². The smallest absolute Gasteiger partial charge is 0.353 e. The van der Waals surface area contributed by atoms with Crippen molar-refractivity contribution in [3.05, 3.63) is 119 Å². The van der Waals surface area contributed by atoms with Gasteiger partial charge in [0.2, 0.25) is 11.8 Å². The average molecular weight is 992 g/mol. The number of halogens is 2. The number of imide groups is 1. The van der Waals surface area contributed by atoms with Crippen molar-refractivity contribution in [3.8, 4) is 34.0 Å². The van der Waals surface area contributed by atoms with Crippen LogP contribution in [-0.4, -0.2) is 122 Å². The summed E-state index contributed by atoms with van der Waals surface area (Å²) < 4.78 is 43.5. The van der Waals surface area contributed by atoms with Crippen LogP contribution in [-0.2, 0) is 23.7 Å². The van der Waals surface area contributed by atoms with Crippen LogP contribution >= 0.6 is 0 Å². The topological polar surface area (TPSA) is 172 Å². The molecule has 3 aromatic carbocycles. The van der Waals surface area contributed by atoms with Crippen LogP contribution in [0.25, 0.3) is 38.8 Å². The van der Waals surface area contributed by atoms with Crippen molar-refractivity contribution in [1.82, 2.24) is 44.3 Å². The highest BCUT2D eigenvalue weighted by Gasteiger charge is 2.39. The van der Waals surface area contributed by atoms with Crippen LogP contribution in [0.5, 0.6) is 6.01 Å². The summed E-state index contributed by atoms with van der Waals surface area (Å²) in [5.74, 6) is -2.62. The van der Waals surface area contributed by atoms with Gasteiger partial charge >= 0.3 is 17.7 Å². The minimum Gasteiger partial charge on any atom is -0.467 e. The van der Waals surface area contributed by atoms with Crippen molar-refractivity contribution >= 4 is 51.6 Å². The summed E-state index contributed by atoms with van der Waals surface area (Å²) in [5.41, 5.74) is 5.49. The van der Waals surface area contributed by atoms with Gasteiger partial charge in [0.25, 0.3) is 0 Å². The Kier molecular flexibility index (Phi) is 12.2. The van der Waals surface area contributed by atoms with E-state index in [4.69, 9.17) is 9.84 Å². The molecule has 11 rings (SSSR count). The molecule has 1 unspecified atom stereocenters. The number of carbonyl (C=O) groups is 3. The standard InChI is InChI=1S/C53H55F2N13O5/c1-31-30-66(53(72)67(31)35-8-7-20-56-29-35)49-32(2)36(17-21-57-49)37-12-11-34(68-51(73-5)60-62(4)52(68)71)28-41(37)38-13-15-42(46(55)45(38)54)64-22-18-33(19-23-64)63-24-26-65(27-25-63)43-10-6-9-39-47(59-61(3)48(39)43)40-14-16-44(69)58-50(40)70/h6-13,15,17,20-21,28-29,31,33,40H,14,16,18-19,22-27,30H2,1-5H3,(H,58,69,70)/t31-,40?/m0/s1. The number of aryl methyl sites for hydroxylation is 2. The second-order valence-electron chi connectivity index (χ2n) is 19.3. The molecule has 0 spiro atoms. The van der Waals surface area contributed by atoms with E-state index < -0.39 is 23.2 Å². The SMILES string of the molecule is COc1nn(C)c(=O)n1-c1ccc(-c2ccnc(N3C[C@H](C)N(c4cccnc4)C3=O)c2C)c(-c2ccc(N3CCC(N4CCN(c5cccc6c(C7CCC(=O)NC7=O)nn(C)c56)CC4)CC3)c(F)c2F)c1. The minimum atomic E-state index is -1.03. The number of nitrogens with one attached hydrogen (secondary N) is 1. The molecule has 0 radical (unpaired) electrons. The fraction of sp³-hybridized carbons (Fsp3) is 0.358. The van der Waals surface area contributed by atoms with Gasteiger partial charge in [-0.05, 0) is 104 Å². The summed E-state index contributed by atoms with van der Waals surface area (Å²) in [6, 6.07) is 19.6. The summed E-state index contributed by atoms with van der Waals surface area (Å²) in [4.78, 5) is 71.0. The van der Waals surface area contributed by atoms with Gasteiger partial charge in [-0.1, -0.05) is 18.2 Å². The van der Waals surface area contributed by atoms with Crippen LogP contribution < -0.4 is 35.3 Å². The number of rotatable bonds is 10. The molecule has 0 saturated carbocycles. The number of benzene rings is 3. The Morgan fingerprint density at radius 1 is 0.740 bits per heavy atom. The molecule has 0 aliphatic carbocycles. The Morgan fingerprint density at radius 3 is 2.25 bits per heavy atom. The zero-order valence-electron chi connectivity index (χ0n) is 41.3. The third kappa shape index (κ3) is 8.22. The molecule has 0 bridgehead atoms. The van der Waals surface area contributed by atoms with Crippen LogP contribution in [0, 0.1) is 18.6 Å². The predicted octanol–water partition coefficient (Wildman–Crippen LogP) is 6.32. The van der Waals surface area contributed by atoms with Crippen molar-refractivity contribution in [3.63, 3.8) is 0 Å². The summed E-state index contributed by atoms with van der Waals surface area (Å²) in [6.07, 6.45) is 7.15. The number of piperazine rings is 1. The number of para-hydroxylation sites is 1. The first-order valence-electron chi connectivity index (χ1n) is 24.6. The maximum Gasteiger partial charge on any atom is 0.353 e. The Morgan fingerprint density at radius 2 is 1.51 bits per heavy atom. The van der Waals surface area contributed by atoms with E-state index in [-0.39, 0.29) is 53.6 Å². The monoisotopic (exact) mass is 991 g/mol. The zero-order chi connectivity index (χ0) is 50.8. The Hall–Kier alpha value is -8.00. The van der Waals surface area contributed by atoms with Gasteiger partial charge in [-0.15, -0.1) is 5.10 Å². The number of aromatic nitrogens is 7. The zero-order valence-corrected chi connectivity index (χ0v) is 41.3. The number of hydrogen-bond donors (Lipinski definition) is 1. The van der Waals surface area contributed by atoms with Crippen LogP contribution in [0.3, 0.4) is 0 Å². The lowest BCUT2D eigenvalue weighted by Crippen LogP contribution is -2.53. The van der Waals surface area contributed by atoms with E-state index in [1.165, 1.54) is 18.7 Å². The predicted molar refractivity (Wildman–Crippen MR) is 272 cm³/mol. The molecule has 8 heterocycles. The number of nitrogens with zero attached hydrogens (tertiary/aromatic N) is 12. The molecule has 1 N–H and O–H groups in total. The maximum absolute atomic E-state index is 17.0. The molecule has 4 aliphatic rings. The fourth-order valence-corrected chi connectivity index (χ4v) is 11.4. The van der Waals surface area contributed by atoms with E-state index in [9.17, 15) is 19.2 Å². The first kappa shape index (κ1) is 47.3. The Bertz CT molecular complexity index is 3380. The molecule has 4 fully saturated rings.